The minimum atomic E-state index is -0.999. The molecule has 0 radical (unpaired) electrons. The van der Waals surface area contributed by atoms with E-state index in [1.807, 2.05) is 6.92 Å². The number of aryl methyl sites for hydroxylation is 1. The summed E-state index contributed by atoms with van der Waals surface area (Å²) in [5.74, 6) is -0.671. The zero-order valence-electron chi connectivity index (χ0n) is 13.9. The van der Waals surface area contributed by atoms with E-state index in [2.05, 4.69) is 5.32 Å². The Morgan fingerprint density at radius 3 is 2.68 bits per heavy atom. The van der Waals surface area contributed by atoms with Crippen LogP contribution < -0.4 is 10.1 Å². The highest BCUT2D eigenvalue weighted by Gasteiger charge is 2.12. The number of carboxylic acids is 1. The average molecular weight is 362 g/mol. The average Bonchev–Trinajstić information content (AvgIpc) is 2.59. The van der Waals surface area contributed by atoms with Crippen LogP contribution in [-0.2, 0) is 11.2 Å². The second kappa shape index (κ2) is 9.08. The lowest BCUT2D eigenvalue weighted by Crippen LogP contribution is -2.14. The van der Waals surface area contributed by atoms with Crippen molar-refractivity contribution in [2.45, 2.75) is 26.2 Å². The summed E-state index contributed by atoms with van der Waals surface area (Å²) in [6, 6.07) is 11.7. The molecular formula is C19H20ClNO4. The topological polar surface area (TPSA) is 75.6 Å². The lowest BCUT2D eigenvalue weighted by Gasteiger charge is -2.13. The predicted octanol–water partition coefficient (Wildman–Crippen LogP) is 4.40. The van der Waals surface area contributed by atoms with Crippen LogP contribution in [0.1, 0.15) is 35.7 Å². The highest BCUT2D eigenvalue weighted by molar-refractivity contribution is 6.31. The van der Waals surface area contributed by atoms with Gasteiger partial charge in [0.25, 0.3) is 0 Å². The van der Waals surface area contributed by atoms with Crippen molar-refractivity contribution in [3.05, 3.63) is 58.6 Å². The highest BCUT2D eigenvalue weighted by Crippen LogP contribution is 2.28. The van der Waals surface area contributed by atoms with Gasteiger partial charge in [-0.1, -0.05) is 36.7 Å². The molecule has 2 aromatic rings. The molecule has 0 aliphatic rings. The van der Waals surface area contributed by atoms with Crippen molar-refractivity contribution in [2.24, 2.45) is 0 Å². The maximum absolute atomic E-state index is 12.2. The standard InChI is InChI=1S/C19H20ClNO4/c1-2-11-25-17-9-8-14(20)12-16(17)21-18(22)10-7-13-5-3-4-6-15(13)19(23)24/h3-6,8-9,12H,2,7,10-11H2,1H3,(H,21,22)(H,23,24). The van der Waals surface area contributed by atoms with Crippen molar-refractivity contribution in [3.8, 4) is 5.75 Å². The minimum Gasteiger partial charge on any atom is -0.491 e. The third-order valence-electron chi connectivity index (χ3n) is 3.55. The molecule has 0 saturated carbocycles. The van der Waals surface area contributed by atoms with E-state index in [1.54, 1.807) is 36.4 Å². The van der Waals surface area contributed by atoms with Crippen LogP contribution in [-0.4, -0.2) is 23.6 Å². The van der Waals surface area contributed by atoms with Crippen LogP contribution in [0.4, 0.5) is 5.69 Å². The molecule has 6 heteroatoms. The third-order valence-corrected chi connectivity index (χ3v) is 3.78. The largest absolute Gasteiger partial charge is 0.491 e. The summed E-state index contributed by atoms with van der Waals surface area (Å²) in [5.41, 5.74) is 1.35. The van der Waals surface area contributed by atoms with E-state index in [4.69, 9.17) is 16.3 Å². The summed E-state index contributed by atoms with van der Waals surface area (Å²) < 4.78 is 5.60. The molecular weight excluding hydrogens is 342 g/mol. The summed E-state index contributed by atoms with van der Waals surface area (Å²) in [4.78, 5) is 23.5. The number of carboxylic acid groups (broad SMARTS) is 1. The Bertz CT molecular complexity index is 761. The second-order valence-electron chi connectivity index (χ2n) is 5.50. The Labute approximate surface area is 151 Å². The first-order chi connectivity index (χ1) is 12.0. The number of benzene rings is 2. The van der Waals surface area contributed by atoms with Crippen molar-refractivity contribution < 1.29 is 19.4 Å². The van der Waals surface area contributed by atoms with E-state index >= 15 is 0 Å². The molecule has 0 heterocycles. The first-order valence-electron chi connectivity index (χ1n) is 8.04. The normalized spacial score (nSPS) is 10.3. The summed E-state index contributed by atoms with van der Waals surface area (Å²) in [7, 11) is 0. The number of nitrogens with one attached hydrogen (secondary N) is 1. The number of hydrogen-bond acceptors (Lipinski definition) is 3. The fourth-order valence-electron chi connectivity index (χ4n) is 2.35. The number of amides is 1. The van der Waals surface area contributed by atoms with Gasteiger partial charge in [0.1, 0.15) is 5.75 Å². The Hall–Kier alpha value is -2.53. The van der Waals surface area contributed by atoms with Gasteiger partial charge in [0.05, 0.1) is 17.9 Å². The number of halogens is 1. The third kappa shape index (κ3) is 5.50. The summed E-state index contributed by atoms with van der Waals surface area (Å²) in [5, 5.41) is 12.5. The van der Waals surface area contributed by atoms with E-state index in [0.29, 0.717) is 35.1 Å². The number of carbonyl (C=O) groups is 2. The van der Waals surface area contributed by atoms with Gasteiger partial charge >= 0.3 is 5.97 Å². The molecule has 1 amide bonds. The van der Waals surface area contributed by atoms with Gasteiger partial charge in [-0.15, -0.1) is 0 Å². The van der Waals surface area contributed by atoms with Gasteiger partial charge in [0.2, 0.25) is 5.91 Å². The van der Waals surface area contributed by atoms with E-state index in [9.17, 15) is 14.7 Å². The van der Waals surface area contributed by atoms with Gasteiger partial charge in [-0.05, 0) is 42.7 Å². The number of carbonyl (C=O) groups excluding carboxylic acids is 1. The van der Waals surface area contributed by atoms with Crippen LogP contribution in [0.5, 0.6) is 5.75 Å². The number of rotatable bonds is 8. The fourth-order valence-corrected chi connectivity index (χ4v) is 2.52. The maximum atomic E-state index is 12.2. The lowest BCUT2D eigenvalue weighted by molar-refractivity contribution is -0.116. The Balaban J connectivity index is 2.03. The zero-order chi connectivity index (χ0) is 18.2. The Morgan fingerprint density at radius 1 is 1.20 bits per heavy atom. The number of ether oxygens (including phenoxy) is 1. The molecule has 25 heavy (non-hydrogen) atoms. The van der Waals surface area contributed by atoms with Crippen LogP contribution in [0.2, 0.25) is 5.02 Å². The molecule has 132 valence electrons. The van der Waals surface area contributed by atoms with Gasteiger partial charge in [-0.2, -0.15) is 0 Å². The number of aromatic carboxylic acids is 1. The highest BCUT2D eigenvalue weighted by atomic mass is 35.5. The molecule has 0 aliphatic carbocycles. The molecule has 2 aromatic carbocycles. The molecule has 0 spiro atoms. The monoisotopic (exact) mass is 361 g/mol. The molecule has 2 N–H and O–H groups in total. The van der Waals surface area contributed by atoms with Gasteiger partial charge in [-0.3, -0.25) is 4.79 Å². The van der Waals surface area contributed by atoms with Crippen LogP contribution in [0.3, 0.4) is 0 Å². The smallest absolute Gasteiger partial charge is 0.335 e. The summed E-state index contributed by atoms with van der Waals surface area (Å²) in [6.07, 6.45) is 1.34. The molecule has 0 unspecified atom stereocenters. The molecule has 0 atom stereocenters. The molecule has 0 bridgehead atoms. The lowest BCUT2D eigenvalue weighted by atomic mass is 10.0. The van der Waals surface area contributed by atoms with E-state index in [0.717, 1.165) is 6.42 Å². The molecule has 0 aromatic heterocycles. The molecule has 2 rings (SSSR count). The van der Waals surface area contributed by atoms with Crippen LogP contribution in [0, 0.1) is 0 Å². The number of hydrogen-bond donors (Lipinski definition) is 2. The number of anilines is 1. The maximum Gasteiger partial charge on any atom is 0.335 e. The Kier molecular flexibility index (Phi) is 6.83. The van der Waals surface area contributed by atoms with Crippen molar-refractivity contribution in [1.29, 1.82) is 0 Å². The van der Waals surface area contributed by atoms with Gasteiger partial charge < -0.3 is 15.2 Å². The van der Waals surface area contributed by atoms with Crippen LogP contribution in [0.15, 0.2) is 42.5 Å². The molecule has 0 saturated heterocycles. The molecule has 5 nitrogen and oxygen atoms in total. The van der Waals surface area contributed by atoms with E-state index in [1.165, 1.54) is 6.07 Å². The summed E-state index contributed by atoms with van der Waals surface area (Å²) in [6.45, 7) is 2.53. The minimum absolute atomic E-state index is 0.157. The second-order valence-corrected chi connectivity index (χ2v) is 5.94. The van der Waals surface area contributed by atoms with Crippen molar-refractivity contribution in [3.63, 3.8) is 0 Å². The summed E-state index contributed by atoms with van der Waals surface area (Å²) >= 11 is 5.99. The first-order valence-corrected chi connectivity index (χ1v) is 8.42. The van der Waals surface area contributed by atoms with E-state index < -0.39 is 5.97 Å². The van der Waals surface area contributed by atoms with Crippen molar-refractivity contribution >= 4 is 29.2 Å². The molecule has 0 fully saturated rings. The van der Waals surface area contributed by atoms with Gasteiger partial charge in [-0.25, -0.2) is 4.79 Å². The van der Waals surface area contributed by atoms with Crippen molar-refractivity contribution in [1.82, 2.24) is 0 Å². The first kappa shape index (κ1) is 18.8. The SMILES string of the molecule is CCCOc1ccc(Cl)cc1NC(=O)CCc1ccccc1C(=O)O. The van der Waals surface area contributed by atoms with Gasteiger partial charge in [0, 0.05) is 11.4 Å². The van der Waals surface area contributed by atoms with Crippen molar-refractivity contribution in [2.75, 3.05) is 11.9 Å². The van der Waals surface area contributed by atoms with E-state index in [-0.39, 0.29) is 17.9 Å². The zero-order valence-corrected chi connectivity index (χ0v) is 14.7. The quantitative estimate of drug-likeness (QED) is 0.730. The Morgan fingerprint density at radius 2 is 1.96 bits per heavy atom. The van der Waals surface area contributed by atoms with Crippen LogP contribution in [0.25, 0.3) is 0 Å². The van der Waals surface area contributed by atoms with Gasteiger partial charge in [0.15, 0.2) is 0 Å². The molecule has 0 aliphatic heterocycles. The predicted molar refractivity (Wildman–Crippen MR) is 97.6 cm³/mol. The fraction of sp³-hybridized carbons (Fsp3) is 0.263. The van der Waals surface area contributed by atoms with Crippen LogP contribution >= 0.6 is 11.6 Å².